The Balaban J connectivity index is 3.60. The van der Waals surface area contributed by atoms with E-state index in [4.69, 9.17) is 5.11 Å². The van der Waals surface area contributed by atoms with Crippen molar-refractivity contribution in [3.05, 3.63) is 25.3 Å². The van der Waals surface area contributed by atoms with Crippen molar-refractivity contribution in [1.29, 1.82) is 0 Å². The highest BCUT2D eigenvalue weighted by atomic mass is 16.2. The van der Waals surface area contributed by atoms with Gasteiger partial charge >= 0.3 is 0 Å². The van der Waals surface area contributed by atoms with Crippen molar-refractivity contribution in [1.82, 2.24) is 0 Å². The van der Waals surface area contributed by atoms with Crippen molar-refractivity contribution in [3.63, 3.8) is 0 Å². The van der Waals surface area contributed by atoms with Crippen LogP contribution in [0.25, 0.3) is 0 Å². The van der Waals surface area contributed by atoms with Crippen molar-refractivity contribution in [2.75, 3.05) is 6.61 Å². The third-order valence-electron chi connectivity index (χ3n) is 3.31. The molecule has 17 heavy (non-hydrogen) atoms. The second-order valence-corrected chi connectivity index (χ2v) is 4.88. The first kappa shape index (κ1) is 16.4. The molecule has 0 amide bonds. The highest BCUT2D eigenvalue weighted by Crippen LogP contribution is 2.22. The van der Waals surface area contributed by atoms with Crippen LogP contribution in [0.4, 0.5) is 0 Å². The maximum Gasteiger partial charge on any atom is 0.0431 e. The van der Waals surface area contributed by atoms with Crippen molar-refractivity contribution in [2.24, 2.45) is 5.92 Å². The highest BCUT2D eigenvalue weighted by Gasteiger charge is 2.07. The molecule has 1 atom stereocenters. The second kappa shape index (κ2) is 13.5. The molecule has 0 aromatic rings. The van der Waals surface area contributed by atoms with Gasteiger partial charge in [0.05, 0.1) is 0 Å². The molecule has 0 aliphatic carbocycles. The Bertz CT molecular complexity index is 174. The Kier molecular flexibility index (Phi) is 13.1. The van der Waals surface area contributed by atoms with E-state index >= 15 is 0 Å². The van der Waals surface area contributed by atoms with Gasteiger partial charge in [0.25, 0.3) is 0 Å². The average Bonchev–Trinajstić information content (AvgIpc) is 2.35. The summed E-state index contributed by atoms with van der Waals surface area (Å²) in [6.45, 7) is 7.85. The summed E-state index contributed by atoms with van der Waals surface area (Å²) >= 11 is 0. The van der Waals surface area contributed by atoms with Crippen molar-refractivity contribution in [3.8, 4) is 0 Å². The lowest BCUT2D eigenvalue weighted by Crippen LogP contribution is -2.02. The average molecular weight is 238 g/mol. The van der Waals surface area contributed by atoms with E-state index in [9.17, 15) is 0 Å². The summed E-state index contributed by atoms with van der Waals surface area (Å²) < 4.78 is 0. The number of aliphatic hydroxyl groups excluding tert-OH is 1. The van der Waals surface area contributed by atoms with Gasteiger partial charge in [-0.3, -0.25) is 0 Å². The summed E-state index contributed by atoms with van der Waals surface area (Å²) in [5.74, 6) is 0.811. The molecule has 0 radical (unpaired) electrons. The second-order valence-electron chi connectivity index (χ2n) is 4.88. The number of allylic oxidation sites excluding steroid dienone is 2. The zero-order valence-electron chi connectivity index (χ0n) is 11.4. The third-order valence-corrected chi connectivity index (χ3v) is 3.31. The lowest BCUT2D eigenvalue weighted by atomic mass is 9.91. The van der Waals surface area contributed by atoms with Crippen molar-refractivity contribution < 1.29 is 5.11 Å². The zero-order valence-corrected chi connectivity index (χ0v) is 11.4. The molecular weight excluding hydrogens is 208 g/mol. The van der Waals surface area contributed by atoms with Crippen LogP contribution in [0, 0.1) is 5.92 Å². The molecule has 0 aromatic heterocycles. The van der Waals surface area contributed by atoms with E-state index in [0.29, 0.717) is 6.61 Å². The van der Waals surface area contributed by atoms with Gasteiger partial charge in [0, 0.05) is 6.61 Å². The van der Waals surface area contributed by atoms with E-state index in [1.54, 1.807) is 0 Å². The fourth-order valence-electron chi connectivity index (χ4n) is 2.26. The fourth-order valence-corrected chi connectivity index (χ4v) is 2.26. The largest absolute Gasteiger partial charge is 0.396 e. The van der Waals surface area contributed by atoms with E-state index in [-0.39, 0.29) is 0 Å². The van der Waals surface area contributed by atoms with Crippen LogP contribution >= 0.6 is 0 Å². The van der Waals surface area contributed by atoms with Crippen LogP contribution in [0.5, 0.6) is 0 Å². The maximum absolute atomic E-state index is 8.90. The number of hydrogen-bond acceptors (Lipinski definition) is 1. The number of aliphatic hydroxyl groups is 1. The Morgan fingerprint density at radius 1 is 0.765 bits per heavy atom. The smallest absolute Gasteiger partial charge is 0.0431 e. The first-order chi connectivity index (χ1) is 8.35. The minimum atomic E-state index is 0.342. The van der Waals surface area contributed by atoms with Crippen LogP contribution in [-0.2, 0) is 0 Å². The van der Waals surface area contributed by atoms with Crippen molar-refractivity contribution >= 4 is 0 Å². The van der Waals surface area contributed by atoms with Gasteiger partial charge in [-0.15, -0.1) is 13.2 Å². The van der Waals surface area contributed by atoms with Crippen LogP contribution < -0.4 is 0 Å². The summed E-state index contributed by atoms with van der Waals surface area (Å²) in [7, 11) is 0. The molecule has 0 rings (SSSR count). The SMILES string of the molecule is C=CCCCCCC(CCCO)CCCC=C. The Labute approximate surface area is 108 Å². The normalized spacial score (nSPS) is 12.3. The van der Waals surface area contributed by atoms with Crippen LogP contribution in [0.15, 0.2) is 25.3 Å². The third kappa shape index (κ3) is 11.7. The zero-order chi connectivity index (χ0) is 12.8. The number of rotatable bonds is 13. The Morgan fingerprint density at radius 2 is 1.35 bits per heavy atom. The summed E-state index contributed by atoms with van der Waals surface area (Å²) in [6.07, 6.45) is 16.3. The minimum Gasteiger partial charge on any atom is -0.396 e. The van der Waals surface area contributed by atoms with Crippen LogP contribution in [-0.4, -0.2) is 11.7 Å². The molecule has 0 fully saturated rings. The Hall–Kier alpha value is -0.560. The standard InChI is InChI=1S/C16H30O/c1-3-5-7-8-10-13-16(14-11-15-17)12-9-6-4-2/h3-4,16-17H,1-2,5-15H2. The molecule has 0 aliphatic rings. The topological polar surface area (TPSA) is 20.2 Å². The van der Waals surface area contributed by atoms with Gasteiger partial charge in [-0.1, -0.05) is 37.8 Å². The van der Waals surface area contributed by atoms with Gasteiger partial charge in [-0.2, -0.15) is 0 Å². The summed E-state index contributed by atoms with van der Waals surface area (Å²) in [5, 5.41) is 8.90. The fraction of sp³-hybridized carbons (Fsp3) is 0.750. The van der Waals surface area contributed by atoms with Gasteiger partial charge in [0.15, 0.2) is 0 Å². The van der Waals surface area contributed by atoms with Gasteiger partial charge < -0.3 is 5.11 Å². The summed E-state index contributed by atoms with van der Waals surface area (Å²) in [4.78, 5) is 0. The molecular formula is C16H30O. The summed E-state index contributed by atoms with van der Waals surface area (Å²) in [6, 6.07) is 0. The van der Waals surface area contributed by atoms with E-state index < -0.39 is 0 Å². The van der Waals surface area contributed by atoms with Gasteiger partial charge in [-0.05, 0) is 44.4 Å². The monoisotopic (exact) mass is 238 g/mol. The molecule has 0 bridgehead atoms. The molecule has 0 saturated heterocycles. The molecule has 1 N–H and O–H groups in total. The molecule has 1 nitrogen and oxygen atoms in total. The first-order valence-corrected chi connectivity index (χ1v) is 7.17. The van der Waals surface area contributed by atoms with Crippen LogP contribution in [0.3, 0.4) is 0 Å². The van der Waals surface area contributed by atoms with Crippen LogP contribution in [0.2, 0.25) is 0 Å². The van der Waals surface area contributed by atoms with E-state index in [1.165, 1.54) is 44.9 Å². The molecule has 1 heteroatoms. The lowest BCUT2D eigenvalue weighted by Gasteiger charge is -2.15. The van der Waals surface area contributed by atoms with Crippen LogP contribution in [0.1, 0.15) is 64.2 Å². The number of unbranched alkanes of at least 4 members (excludes halogenated alkanes) is 4. The van der Waals surface area contributed by atoms with Gasteiger partial charge in [0.2, 0.25) is 0 Å². The molecule has 100 valence electrons. The quantitative estimate of drug-likeness (QED) is 0.358. The maximum atomic E-state index is 8.90. The molecule has 1 unspecified atom stereocenters. The molecule has 0 aliphatic heterocycles. The van der Waals surface area contributed by atoms with Crippen molar-refractivity contribution in [2.45, 2.75) is 64.2 Å². The highest BCUT2D eigenvalue weighted by molar-refractivity contribution is 4.69. The number of hydrogen-bond donors (Lipinski definition) is 1. The predicted octanol–water partition coefficient (Wildman–Crippen LogP) is 4.87. The predicted molar refractivity (Wildman–Crippen MR) is 77.1 cm³/mol. The molecule has 0 aromatic carbocycles. The summed E-state index contributed by atoms with van der Waals surface area (Å²) in [5.41, 5.74) is 0. The lowest BCUT2D eigenvalue weighted by molar-refractivity contribution is 0.262. The van der Waals surface area contributed by atoms with Gasteiger partial charge in [-0.25, -0.2) is 0 Å². The van der Waals surface area contributed by atoms with E-state index in [0.717, 1.165) is 25.2 Å². The minimum absolute atomic E-state index is 0.342. The van der Waals surface area contributed by atoms with Gasteiger partial charge in [0.1, 0.15) is 0 Å². The van der Waals surface area contributed by atoms with E-state index in [2.05, 4.69) is 13.2 Å². The molecule has 0 heterocycles. The first-order valence-electron chi connectivity index (χ1n) is 7.17. The molecule has 0 saturated carbocycles. The Morgan fingerprint density at radius 3 is 2.00 bits per heavy atom. The molecule has 0 spiro atoms. The van der Waals surface area contributed by atoms with E-state index in [1.807, 2.05) is 12.2 Å².